The van der Waals surface area contributed by atoms with Crippen molar-refractivity contribution < 1.29 is 14.3 Å². The SMILES string of the molecule is Cc1ccc(COC(=O)N2CC3(CC(CC(=O)c4ccc5n[nH]nc5c4)C3)C2)cc1Cl. The fourth-order valence-corrected chi connectivity index (χ4v) is 5.02. The van der Waals surface area contributed by atoms with Crippen LogP contribution < -0.4 is 0 Å². The van der Waals surface area contributed by atoms with Crippen molar-refractivity contribution in [3.8, 4) is 0 Å². The smallest absolute Gasteiger partial charge is 0.410 e. The van der Waals surface area contributed by atoms with Gasteiger partial charge in [-0.1, -0.05) is 23.7 Å². The zero-order chi connectivity index (χ0) is 21.6. The van der Waals surface area contributed by atoms with Gasteiger partial charge in [0.25, 0.3) is 0 Å². The highest BCUT2D eigenvalue weighted by Gasteiger charge is 2.54. The fourth-order valence-electron chi connectivity index (χ4n) is 4.82. The minimum absolute atomic E-state index is 0.136. The molecule has 0 bridgehead atoms. The number of hydrogen-bond donors (Lipinski definition) is 1. The number of Topliss-reactive ketones (excluding diaryl/α,β-unsaturated/α-hetero) is 1. The molecule has 3 aromatic rings. The molecule has 8 heteroatoms. The van der Waals surface area contributed by atoms with Crippen molar-refractivity contribution in [3.05, 3.63) is 58.1 Å². The molecule has 1 saturated carbocycles. The summed E-state index contributed by atoms with van der Waals surface area (Å²) in [6.07, 6.45) is 2.19. The molecule has 0 atom stereocenters. The van der Waals surface area contributed by atoms with Crippen molar-refractivity contribution in [1.82, 2.24) is 20.3 Å². The number of hydrogen-bond acceptors (Lipinski definition) is 5. The van der Waals surface area contributed by atoms with Crippen molar-refractivity contribution in [3.63, 3.8) is 0 Å². The molecule has 1 aliphatic carbocycles. The van der Waals surface area contributed by atoms with Crippen LogP contribution in [0.2, 0.25) is 5.02 Å². The first-order valence-corrected chi connectivity index (χ1v) is 10.8. The molecule has 2 heterocycles. The van der Waals surface area contributed by atoms with E-state index >= 15 is 0 Å². The van der Waals surface area contributed by atoms with E-state index in [1.807, 2.05) is 37.3 Å². The molecule has 7 nitrogen and oxygen atoms in total. The van der Waals surface area contributed by atoms with Crippen LogP contribution in [0.1, 0.15) is 40.7 Å². The van der Waals surface area contributed by atoms with Crippen LogP contribution >= 0.6 is 11.6 Å². The molecule has 160 valence electrons. The van der Waals surface area contributed by atoms with Crippen LogP contribution in [0.25, 0.3) is 11.0 Å². The predicted molar refractivity (Wildman–Crippen MR) is 116 cm³/mol. The highest BCUT2D eigenvalue weighted by atomic mass is 35.5. The second kappa shape index (κ2) is 7.64. The van der Waals surface area contributed by atoms with Crippen LogP contribution in [-0.2, 0) is 11.3 Å². The Morgan fingerprint density at radius 1 is 1.16 bits per heavy atom. The summed E-state index contributed by atoms with van der Waals surface area (Å²) in [7, 11) is 0. The number of amides is 1. The summed E-state index contributed by atoms with van der Waals surface area (Å²) in [4.78, 5) is 26.7. The number of halogens is 1. The lowest BCUT2D eigenvalue weighted by molar-refractivity contribution is -0.0850. The number of nitrogens with zero attached hydrogens (tertiary/aromatic N) is 3. The molecule has 1 N–H and O–H groups in total. The van der Waals surface area contributed by atoms with Crippen molar-refractivity contribution in [1.29, 1.82) is 0 Å². The third-order valence-electron chi connectivity index (χ3n) is 6.47. The van der Waals surface area contributed by atoms with Gasteiger partial charge in [-0.15, -0.1) is 0 Å². The largest absolute Gasteiger partial charge is 0.445 e. The van der Waals surface area contributed by atoms with Gasteiger partial charge in [0.15, 0.2) is 5.78 Å². The van der Waals surface area contributed by atoms with Gasteiger partial charge in [0.1, 0.15) is 17.6 Å². The second-order valence-electron chi connectivity index (χ2n) is 8.92. The van der Waals surface area contributed by atoms with E-state index in [0.29, 0.717) is 41.5 Å². The lowest BCUT2D eigenvalue weighted by atomic mass is 9.56. The normalized spacial score (nSPS) is 17.4. The molecule has 0 unspecified atom stereocenters. The molecule has 1 spiro atoms. The molecule has 1 aromatic heterocycles. The van der Waals surface area contributed by atoms with E-state index in [0.717, 1.165) is 29.5 Å². The number of likely N-dealkylation sites (tertiary alicyclic amines) is 1. The number of rotatable bonds is 5. The summed E-state index contributed by atoms with van der Waals surface area (Å²) in [5.41, 5.74) is 4.18. The average Bonchev–Trinajstić information content (AvgIpc) is 3.17. The summed E-state index contributed by atoms with van der Waals surface area (Å²) in [6, 6.07) is 11.1. The third kappa shape index (κ3) is 3.90. The van der Waals surface area contributed by atoms with Gasteiger partial charge in [-0.25, -0.2) is 4.79 Å². The monoisotopic (exact) mass is 438 g/mol. The summed E-state index contributed by atoms with van der Waals surface area (Å²) in [5.74, 6) is 0.505. The molecule has 31 heavy (non-hydrogen) atoms. The Hall–Kier alpha value is -2.93. The highest BCUT2D eigenvalue weighted by molar-refractivity contribution is 6.31. The number of H-pyrrole nitrogens is 1. The first-order chi connectivity index (χ1) is 14.9. The summed E-state index contributed by atoms with van der Waals surface area (Å²) < 4.78 is 5.43. The Morgan fingerprint density at radius 2 is 1.94 bits per heavy atom. The maximum atomic E-state index is 12.6. The number of aryl methyl sites for hydroxylation is 1. The Balaban J connectivity index is 1.07. The Morgan fingerprint density at radius 3 is 2.71 bits per heavy atom. The van der Waals surface area contributed by atoms with E-state index in [-0.39, 0.29) is 23.9 Å². The molecule has 1 aliphatic heterocycles. The molecule has 1 saturated heterocycles. The fraction of sp³-hybridized carbons (Fsp3) is 0.391. The summed E-state index contributed by atoms with van der Waals surface area (Å²) >= 11 is 6.12. The number of benzene rings is 2. The number of carbonyl (C=O) groups is 2. The van der Waals surface area contributed by atoms with E-state index in [2.05, 4.69) is 15.4 Å². The maximum absolute atomic E-state index is 12.6. The van der Waals surface area contributed by atoms with Gasteiger partial charge in [0.05, 0.1) is 0 Å². The number of carbonyl (C=O) groups excluding carboxylic acids is 2. The lowest BCUT2D eigenvalue weighted by Gasteiger charge is -2.58. The topological polar surface area (TPSA) is 88.2 Å². The molecular formula is C23H23ClN4O3. The van der Waals surface area contributed by atoms with E-state index in [1.165, 1.54) is 0 Å². The predicted octanol–water partition coefficient (Wildman–Crippen LogP) is 4.54. The Labute approximate surface area is 184 Å². The van der Waals surface area contributed by atoms with Gasteiger partial charge >= 0.3 is 6.09 Å². The molecule has 2 aromatic carbocycles. The first-order valence-electron chi connectivity index (χ1n) is 10.4. The quantitative estimate of drug-likeness (QED) is 0.591. The van der Waals surface area contributed by atoms with E-state index in [1.54, 1.807) is 11.0 Å². The second-order valence-corrected chi connectivity index (χ2v) is 9.33. The average molecular weight is 439 g/mol. The molecule has 5 rings (SSSR count). The molecular weight excluding hydrogens is 416 g/mol. The van der Waals surface area contributed by atoms with Crippen LogP contribution in [-0.4, -0.2) is 45.3 Å². The Bertz CT molecular complexity index is 1160. The van der Waals surface area contributed by atoms with Crippen LogP contribution in [0, 0.1) is 18.3 Å². The van der Waals surface area contributed by atoms with Gasteiger partial charge in [0, 0.05) is 35.5 Å². The van der Waals surface area contributed by atoms with Crippen LogP contribution in [0.15, 0.2) is 36.4 Å². The van der Waals surface area contributed by atoms with Crippen LogP contribution in [0.5, 0.6) is 0 Å². The number of nitrogens with one attached hydrogen (secondary N) is 1. The van der Waals surface area contributed by atoms with Crippen molar-refractivity contribution >= 4 is 34.5 Å². The van der Waals surface area contributed by atoms with Gasteiger partial charge < -0.3 is 9.64 Å². The highest BCUT2D eigenvalue weighted by Crippen LogP contribution is 2.53. The van der Waals surface area contributed by atoms with E-state index in [4.69, 9.17) is 16.3 Å². The van der Waals surface area contributed by atoms with Crippen LogP contribution in [0.4, 0.5) is 4.79 Å². The molecule has 2 aliphatic rings. The number of aromatic amines is 1. The summed E-state index contributed by atoms with van der Waals surface area (Å²) in [5, 5.41) is 11.3. The number of fused-ring (bicyclic) bond motifs is 1. The van der Waals surface area contributed by atoms with Crippen molar-refractivity contribution in [2.75, 3.05) is 13.1 Å². The van der Waals surface area contributed by atoms with Gasteiger partial charge in [-0.05, 0) is 61.1 Å². The maximum Gasteiger partial charge on any atom is 0.410 e. The minimum Gasteiger partial charge on any atom is -0.445 e. The van der Waals surface area contributed by atoms with E-state index in [9.17, 15) is 9.59 Å². The number of ketones is 1. The molecule has 2 fully saturated rings. The third-order valence-corrected chi connectivity index (χ3v) is 6.87. The number of aromatic nitrogens is 3. The zero-order valence-electron chi connectivity index (χ0n) is 17.2. The molecule has 1 amide bonds. The lowest BCUT2D eigenvalue weighted by Crippen LogP contribution is -2.63. The number of ether oxygens (including phenoxy) is 1. The summed E-state index contributed by atoms with van der Waals surface area (Å²) in [6.45, 7) is 3.56. The van der Waals surface area contributed by atoms with Gasteiger partial charge in [-0.2, -0.15) is 15.4 Å². The minimum atomic E-state index is -0.289. The standard InChI is InChI=1S/C23H23ClN4O3/c1-14-2-3-15(6-18(14)24)11-31-22(30)28-12-23(13-28)9-16(10-23)7-21(29)17-4-5-19-20(8-17)26-27-25-19/h2-6,8,16H,7,9-13H2,1H3,(H,25,26,27). The van der Waals surface area contributed by atoms with Gasteiger partial charge in [-0.3, -0.25) is 4.79 Å². The van der Waals surface area contributed by atoms with Gasteiger partial charge in [0.2, 0.25) is 0 Å². The van der Waals surface area contributed by atoms with Crippen LogP contribution in [0.3, 0.4) is 0 Å². The Kier molecular flexibility index (Phi) is 4.93. The molecule has 0 radical (unpaired) electrons. The van der Waals surface area contributed by atoms with Crippen molar-refractivity contribution in [2.45, 2.75) is 32.8 Å². The van der Waals surface area contributed by atoms with E-state index < -0.39 is 0 Å². The zero-order valence-corrected chi connectivity index (χ0v) is 18.0. The first kappa shape index (κ1) is 20.0. The van der Waals surface area contributed by atoms with Crippen molar-refractivity contribution in [2.24, 2.45) is 11.3 Å².